The second-order valence-electron chi connectivity index (χ2n) is 8.37. The molecule has 4 rings (SSSR count). The normalized spacial score (nSPS) is 17.0. The van der Waals surface area contributed by atoms with Crippen molar-refractivity contribution in [3.63, 3.8) is 0 Å². The summed E-state index contributed by atoms with van der Waals surface area (Å²) in [4.78, 5) is 10.8. The summed E-state index contributed by atoms with van der Waals surface area (Å²) in [5.41, 5.74) is 10.6. The van der Waals surface area contributed by atoms with Crippen LogP contribution in [0.5, 0.6) is 5.75 Å². The Morgan fingerprint density at radius 1 is 1.29 bits per heavy atom. The highest BCUT2D eigenvalue weighted by Gasteiger charge is 2.36. The second kappa shape index (κ2) is 8.26. The van der Waals surface area contributed by atoms with E-state index in [1.54, 1.807) is 7.11 Å². The number of fused-ring (bicyclic) bond motifs is 1. The van der Waals surface area contributed by atoms with Crippen molar-refractivity contribution >= 4 is 28.5 Å². The molecule has 0 spiro atoms. The minimum absolute atomic E-state index is 0.142. The number of aryl methyl sites for hydroxylation is 1. The molecule has 2 atom stereocenters. The van der Waals surface area contributed by atoms with Crippen LogP contribution in [0.2, 0.25) is 5.02 Å². The highest BCUT2D eigenvalue weighted by Crippen LogP contribution is 2.44. The highest BCUT2D eigenvalue weighted by atomic mass is 35.5. The van der Waals surface area contributed by atoms with Gasteiger partial charge in [0, 0.05) is 41.2 Å². The van der Waals surface area contributed by atoms with E-state index in [9.17, 15) is 5.11 Å². The third-order valence-electron chi connectivity index (χ3n) is 6.47. The predicted molar refractivity (Wildman–Crippen MR) is 122 cm³/mol. The lowest BCUT2D eigenvalue weighted by Crippen LogP contribution is -2.51. The number of rotatable bonds is 6. The van der Waals surface area contributed by atoms with Crippen LogP contribution in [0, 0.1) is 13.8 Å². The van der Waals surface area contributed by atoms with E-state index in [4.69, 9.17) is 27.2 Å². The number of aromatic nitrogens is 4. The Hall–Kier alpha value is -2.42. The number of nitrogens with two attached hydrogens (primary N) is 1. The van der Waals surface area contributed by atoms with Crippen molar-refractivity contribution < 1.29 is 9.84 Å². The maximum atomic E-state index is 9.46. The summed E-state index contributed by atoms with van der Waals surface area (Å²) in [5.74, 6) is 1.55. The van der Waals surface area contributed by atoms with E-state index in [0.717, 1.165) is 46.6 Å². The molecular weight excluding hydrogens is 416 g/mol. The molecule has 0 aliphatic carbocycles. The van der Waals surface area contributed by atoms with E-state index in [0.29, 0.717) is 22.4 Å². The summed E-state index contributed by atoms with van der Waals surface area (Å²) in [5, 5.41) is 15.6. The molecule has 1 fully saturated rings. The van der Waals surface area contributed by atoms with Gasteiger partial charge in [-0.3, -0.25) is 4.90 Å². The van der Waals surface area contributed by atoms with Crippen molar-refractivity contribution in [2.75, 3.05) is 32.5 Å². The third kappa shape index (κ3) is 3.52. The van der Waals surface area contributed by atoms with Crippen molar-refractivity contribution in [3.05, 3.63) is 39.8 Å². The molecule has 0 amide bonds. The Balaban J connectivity index is 1.80. The summed E-state index contributed by atoms with van der Waals surface area (Å²) >= 11 is 6.70. The number of aliphatic hydroxyl groups excluding tert-OH is 1. The highest BCUT2D eigenvalue weighted by molar-refractivity contribution is 6.31. The summed E-state index contributed by atoms with van der Waals surface area (Å²) in [6.07, 6.45) is 1.46. The van der Waals surface area contributed by atoms with Gasteiger partial charge in [-0.1, -0.05) is 11.6 Å². The lowest BCUT2D eigenvalue weighted by Gasteiger charge is -2.44. The number of nitrogen functional groups attached to an aromatic ring is 1. The topological polar surface area (TPSA) is 102 Å². The maximum Gasteiger partial charge on any atom is 0.164 e. The zero-order chi connectivity index (χ0) is 22.4. The lowest BCUT2D eigenvalue weighted by atomic mass is 9.84. The van der Waals surface area contributed by atoms with Crippen LogP contribution >= 0.6 is 11.6 Å². The summed E-state index contributed by atoms with van der Waals surface area (Å²) in [7, 11) is 1.70. The van der Waals surface area contributed by atoms with E-state index in [-0.39, 0.29) is 18.7 Å². The first kappa shape index (κ1) is 21.8. The number of likely N-dealkylation sites (tertiary alicyclic amines) is 1. The molecule has 1 saturated heterocycles. The molecule has 166 valence electrons. The third-order valence-corrected chi connectivity index (χ3v) is 6.86. The first-order valence-electron chi connectivity index (χ1n) is 10.5. The molecular formula is C22H29ClN6O2. The fourth-order valence-electron chi connectivity index (χ4n) is 4.54. The van der Waals surface area contributed by atoms with Crippen molar-refractivity contribution in [2.24, 2.45) is 0 Å². The number of halogens is 1. The minimum atomic E-state index is -0.176. The number of methoxy groups -OCH3 is 1. The molecule has 1 aliphatic heterocycles. The average molecular weight is 445 g/mol. The van der Waals surface area contributed by atoms with E-state index in [1.807, 2.05) is 31.5 Å². The number of aliphatic hydroxyl groups is 1. The second-order valence-corrected chi connectivity index (χ2v) is 8.77. The lowest BCUT2D eigenvalue weighted by molar-refractivity contribution is 0.0619. The van der Waals surface area contributed by atoms with Crippen LogP contribution in [0.3, 0.4) is 0 Å². The largest absolute Gasteiger partial charge is 0.496 e. The van der Waals surface area contributed by atoms with Crippen LogP contribution < -0.4 is 10.5 Å². The van der Waals surface area contributed by atoms with Gasteiger partial charge in [0.15, 0.2) is 5.65 Å². The van der Waals surface area contributed by atoms with Gasteiger partial charge in [-0.05, 0) is 39.3 Å². The molecule has 8 nitrogen and oxygen atoms in total. The summed E-state index contributed by atoms with van der Waals surface area (Å²) in [6.45, 7) is 9.90. The van der Waals surface area contributed by atoms with Gasteiger partial charge in [-0.2, -0.15) is 5.10 Å². The molecule has 1 aromatic carbocycles. The molecule has 3 N–H and O–H groups in total. The Labute approximate surface area is 187 Å². The van der Waals surface area contributed by atoms with Crippen LogP contribution in [-0.4, -0.2) is 62.6 Å². The van der Waals surface area contributed by atoms with Crippen molar-refractivity contribution in [2.45, 2.75) is 45.7 Å². The quantitative estimate of drug-likeness (QED) is 0.602. The van der Waals surface area contributed by atoms with Crippen LogP contribution in [0.15, 0.2) is 12.4 Å². The Morgan fingerprint density at radius 3 is 2.65 bits per heavy atom. The number of benzene rings is 1. The molecule has 0 unspecified atom stereocenters. The number of nitrogens with zero attached hydrogens (tertiary/aromatic N) is 5. The summed E-state index contributed by atoms with van der Waals surface area (Å²) < 4.78 is 7.81. The molecule has 3 heterocycles. The standard InChI is InChI=1S/C22H29ClN6O2/c1-11(9-30)28-7-15(8-28)18-12(2)17(23)6-16(20(18)31-5)14(4)29-22-19(13(3)27-29)21(24)25-10-26-22/h6,10-11,14-15,30H,7-9H2,1-5H3,(H2,24,25,26)/t11-,14+/m1/s1. The van der Waals surface area contributed by atoms with Crippen molar-refractivity contribution in [1.82, 2.24) is 24.6 Å². The number of ether oxygens (including phenoxy) is 1. The van der Waals surface area contributed by atoms with Crippen molar-refractivity contribution in [3.8, 4) is 5.75 Å². The van der Waals surface area contributed by atoms with Gasteiger partial charge < -0.3 is 15.6 Å². The Morgan fingerprint density at radius 2 is 2.00 bits per heavy atom. The fraction of sp³-hybridized carbons (Fsp3) is 0.500. The zero-order valence-corrected chi connectivity index (χ0v) is 19.3. The predicted octanol–water partition coefficient (Wildman–Crippen LogP) is 3.08. The molecule has 0 bridgehead atoms. The van der Waals surface area contributed by atoms with Gasteiger partial charge >= 0.3 is 0 Å². The van der Waals surface area contributed by atoms with Gasteiger partial charge in [0.05, 0.1) is 30.8 Å². The molecule has 9 heteroatoms. The van der Waals surface area contributed by atoms with Gasteiger partial charge in [0.2, 0.25) is 0 Å². The first-order valence-corrected chi connectivity index (χ1v) is 10.8. The maximum absolute atomic E-state index is 9.46. The number of hydrogen-bond donors (Lipinski definition) is 2. The van der Waals surface area contributed by atoms with E-state index < -0.39 is 0 Å². The molecule has 31 heavy (non-hydrogen) atoms. The molecule has 0 radical (unpaired) electrons. The fourth-order valence-corrected chi connectivity index (χ4v) is 4.76. The van der Waals surface area contributed by atoms with Gasteiger partial charge in [0.1, 0.15) is 17.9 Å². The van der Waals surface area contributed by atoms with Gasteiger partial charge in [-0.15, -0.1) is 0 Å². The van der Waals surface area contributed by atoms with E-state index in [2.05, 4.69) is 21.8 Å². The Bertz CT molecular complexity index is 1130. The summed E-state index contributed by atoms with van der Waals surface area (Å²) in [6, 6.07) is 1.93. The number of hydrogen-bond acceptors (Lipinski definition) is 7. The first-order chi connectivity index (χ1) is 14.8. The Kier molecular flexibility index (Phi) is 5.81. The molecule has 1 aliphatic rings. The van der Waals surface area contributed by atoms with E-state index >= 15 is 0 Å². The smallest absolute Gasteiger partial charge is 0.164 e. The van der Waals surface area contributed by atoms with Crippen LogP contribution in [0.4, 0.5) is 5.82 Å². The number of anilines is 1. The van der Waals surface area contributed by atoms with E-state index in [1.165, 1.54) is 6.33 Å². The molecule has 2 aromatic heterocycles. The van der Waals surface area contributed by atoms with Crippen LogP contribution in [0.25, 0.3) is 11.0 Å². The minimum Gasteiger partial charge on any atom is -0.496 e. The van der Waals surface area contributed by atoms with Crippen LogP contribution in [-0.2, 0) is 0 Å². The van der Waals surface area contributed by atoms with Crippen LogP contribution in [0.1, 0.15) is 48.2 Å². The molecule has 0 saturated carbocycles. The van der Waals surface area contributed by atoms with Gasteiger partial charge in [0.25, 0.3) is 0 Å². The SMILES string of the molecule is COc1c([C@H](C)n2nc(C)c3c(N)ncnc32)cc(Cl)c(C)c1C1CN([C@H](C)CO)C1. The van der Waals surface area contributed by atoms with Gasteiger partial charge in [-0.25, -0.2) is 14.6 Å². The van der Waals surface area contributed by atoms with Crippen molar-refractivity contribution in [1.29, 1.82) is 0 Å². The zero-order valence-electron chi connectivity index (χ0n) is 18.6. The monoisotopic (exact) mass is 444 g/mol. The molecule has 3 aromatic rings. The average Bonchev–Trinajstić information content (AvgIpc) is 3.06.